The Morgan fingerprint density at radius 2 is 2.22 bits per heavy atom. The van der Waals surface area contributed by atoms with Gasteiger partial charge in [-0.2, -0.15) is 0 Å². The van der Waals surface area contributed by atoms with Crippen LogP contribution in [0, 0.1) is 12.7 Å². The minimum atomic E-state index is -0.250. The molecule has 0 spiro atoms. The third kappa shape index (κ3) is 2.34. The van der Waals surface area contributed by atoms with Crippen LogP contribution in [0.3, 0.4) is 0 Å². The van der Waals surface area contributed by atoms with Crippen LogP contribution in [-0.2, 0) is 6.54 Å². The van der Waals surface area contributed by atoms with Gasteiger partial charge in [-0.25, -0.2) is 4.39 Å². The second kappa shape index (κ2) is 4.91. The maximum Gasteiger partial charge on any atom is 0.186 e. The zero-order valence-electron chi connectivity index (χ0n) is 9.97. The van der Waals surface area contributed by atoms with Crippen molar-refractivity contribution >= 4 is 5.84 Å². The van der Waals surface area contributed by atoms with Crippen molar-refractivity contribution in [3.63, 3.8) is 0 Å². The van der Waals surface area contributed by atoms with Crippen LogP contribution in [0.4, 0.5) is 4.39 Å². The van der Waals surface area contributed by atoms with Crippen LogP contribution in [0.2, 0.25) is 0 Å². The number of amidine groups is 1. The molecule has 0 unspecified atom stereocenters. The van der Waals surface area contributed by atoms with Gasteiger partial charge in [0.15, 0.2) is 5.84 Å². The summed E-state index contributed by atoms with van der Waals surface area (Å²) in [5, 5.41) is 11.7. The molecule has 0 aliphatic carbocycles. The second-order valence-corrected chi connectivity index (χ2v) is 4.08. The van der Waals surface area contributed by atoms with Crippen LogP contribution < -0.4 is 5.73 Å². The summed E-state index contributed by atoms with van der Waals surface area (Å²) in [5.74, 6) is -0.194. The summed E-state index contributed by atoms with van der Waals surface area (Å²) in [7, 11) is 0. The van der Waals surface area contributed by atoms with E-state index in [2.05, 4.69) is 5.16 Å². The highest BCUT2D eigenvalue weighted by Gasteiger charge is 2.07. The number of oxime groups is 1. The number of rotatable bonds is 3. The van der Waals surface area contributed by atoms with Crippen molar-refractivity contribution < 1.29 is 9.60 Å². The minimum Gasteiger partial charge on any atom is -0.409 e. The Kier molecular flexibility index (Phi) is 3.32. The van der Waals surface area contributed by atoms with Gasteiger partial charge in [-0.05, 0) is 42.3 Å². The van der Waals surface area contributed by atoms with Crippen molar-refractivity contribution in [2.75, 3.05) is 0 Å². The van der Waals surface area contributed by atoms with Gasteiger partial charge < -0.3 is 15.5 Å². The zero-order valence-corrected chi connectivity index (χ0v) is 9.97. The van der Waals surface area contributed by atoms with E-state index in [9.17, 15) is 4.39 Å². The van der Waals surface area contributed by atoms with E-state index >= 15 is 0 Å². The highest BCUT2D eigenvalue weighted by Crippen LogP contribution is 2.13. The number of hydrogen-bond acceptors (Lipinski definition) is 2. The van der Waals surface area contributed by atoms with Crippen LogP contribution in [0.15, 0.2) is 41.7 Å². The van der Waals surface area contributed by atoms with Crippen molar-refractivity contribution in [1.29, 1.82) is 0 Å². The van der Waals surface area contributed by atoms with Crippen molar-refractivity contribution in [3.8, 4) is 0 Å². The third-order valence-electron chi connectivity index (χ3n) is 2.85. The van der Waals surface area contributed by atoms with Crippen LogP contribution in [0.5, 0.6) is 0 Å². The van der Waals surface area contributed by atoms with Crippen LogP contribution in [-0.4, -0.2) is 15.6 Å². The number of aromatic nitrogens is 1. The fourth-order valence-electron chi connectivity index (χ4n) is 1.86. The fraction of sp³-hybridized carbons (Fsp3) is 0.154. The van der Waals surface area contributed by atoms with Crippen molar-refractivity contribution in [2.24, 2.45) is 10.9 Å². The number of hydrogen-bond donors (Lipinski definition) is 2. The number of aryl methyl sites for hydroxylation is 1. The summed E-state index contributed by atoms with van der Waals surface area (Å²) in [5.41, 5.74) is 8.06. The molecule has 4 nitrogen and oxygen atoms in total. The predicted octanol–water partition coefficient (Wildman–Crippen LogP) is 2.08. The molecule has 94 valence electrons. The van der Waals surface area contributed by atoms with E-state index in [1.807, 2.05) is 23.8 Å². The molecule has 0 saturated carbocycles. The molecule has 0 fully saturated rings. The molecule has 0 saturated heterocycles. The molecule has 0 aliphatic rings. The SMILES string of the molecule is Cc1cc(F)ccc1Cn1cccc1/C(N)=N/O. The largest absolute Gasteiger partial charge is 0.409 e. The molecule has 1 heterocycles. The lowest BCUT2D eigenvalue weighted by molar-refractivity contribution is 0.318. The van der Waals surface area contributed by atoms with Gasteiger partial charge in [-0.3, -0.25) is 0 Å². The number of nitrogens with two attached hydrogens (primary N) is 1. The second-order valence-electron chi connectivity index (χ2n) is 4.08. The molecule has 0 amide bonds. The normalized spacial score (nSPS) is 11.8. The molecule has 0 bridgehead atoms. The maximum absolute atomic E-state index is 13.0. The van der Waals surface area contributed by atoms with Gasteiger partial charge in [-0.15, -0.1) is 0 Å². The quantitative estimate of drug-likeness (QED) is 0.377. The molecule has 0 atom stereocenters. The Hall–Kier alpha value is -2.30. The maximum atomic E-state index is 13.0. The molecule has 5 heteroatoms. The summed E-state index contributed by atoms with van der Waals surface area (Å²) in [6.07, 6.45) is 1.83. The van der Waals surface area contributed by atoms with E-state index in [-0.39, 0.29) is 11.7 Å². The fourth-order valence-corrected chi connectivity index (χ4v) is 1.86. The summed E-state index contributed by atoms with van der Waals surface area (Å²) in [6, 6.07) is 8.22. The van der Waals surface area contributed by atoms with Gasteiger partial charge in [0, 0.05) is 12.7 Å². The molecule has 1 aromatic carbocycles. The zero-order chi connectivity index (χ0) is 13.1. The summed E-state index contributed by atoms with van der Waals surface area (Å²) in [6.45, 7) is 2.40. The monoisotopic (exact) mass is 247 g/mol. The van der Waals surface area contributed by atoms with Gasteiger partial charge in [0.2, 0.25) is 0 Å². The minimum absolute atomic E-state index is 0.0553. The Bertz CT molecular complexity index is 590. The highest BCUT2D eigenvalue weighted by atomic mass is 19.1. The van der Waals surface area contributed by atoms with Gasteiger partial charge in [0.25, 0.3) is 0 Å². The first-order valence-corrected chi connectivity index (χ1v) is 5.50. The Morgan fingerprint density at radius 1 is 1.44 bits per heavy atom. The molecule has 0 aliphatic heterocycles. The molecule has 1 aromatic heterocycles. The molecule has 18 heavy (non-hydrogen) atoms. The van der Waals surface area contributed by atoms with Crippen molar-refractivity contribution in [3.05, 3.63) is 59.2 Å². The summed E-state index contributed by atoms with van der Waals surface area (Å²) >= 11 is 0. The van der Waals surface area contributed by atoms with Crippen LogP contribution in [0.25, 0.3) is 0 Å². The van der Waals surface area contributed by atoms with Crippen LogP contribution in [0.1, 0.15) is 16.8 Å². The topological polar surface area (TPSA) is 63.5 Å². The van der Waals surface area contributed by atoms with Crippen molar-refractivity contribution in [1.82, 2.24) is 4.57 Å². The number of benzene rings is 1. The van der Waals surface area contributed by atoms with Gasteiger partial charge in [0.05, 0.1) is 5.69 Å². The smallest absolute Gasteiger partial charge is 0.186 e. The first kappa shape index (κ1) is 12.2. The predicted molar refractivity (Wildman–Crippen MR) is 67.2 cm³/mol. The lowest BCUT2D eigenvalue weighted by Crippen LogP contribution is -2.18. The van der Waals surface area contributed by atoms with E-state index in [0.29, 0.717) is 12.2 Å². The van der Waals surface area contributed by atoms with Crippen molar-refractivity contribution in [2.45, 2.75) is 13.5 Å². The van der Waals surface area contributed by atoms with Gasteiger partial charge in [0.1, 0.15) is 5.82 Å². The van der Waals surface area contributed by atoms with E-state index in [0.717, 1.165) is 11.1 Å². The average Bonchev–Trinajstić information content (AvgIpc) is 2.80. The average molecular weight is 247 g/mol. The van der Waals surface area contributed by atoms with Gasteiger partial charge >= 0.3 is 0 Å². The third-order valence-corrected chi connectivity index (χ3v) is 2.85. The van der Waals surface area contributed by atoms with E-state index in [1.54, 1.807) is 12.1 Å². The van der Waals surface area contributed by atoms with E-state index in [1.165, 1.54) is 12.1 Å². The number of nitrogens with zero attached hydrogens (tertiary/aromatic N) is 2. The lowest BCUT2D eigenvalue weighted by atomic mass is 10.1. The van der Waals surface area contributed by atoms with E-state index in [4.69, 9.17) is 10.9 Å². The lowest BCUT2D eigenvalue weighted by Gasteiger charge is -2.10. The first-order chi connectivity index (χ1) is 8.61. The van der Waals surface area contributed by atoms with Crippen LogP contribution >= 0.6 is 0 Å². The van der Waals surface area contributed by atoms with Gasteiger partial charge in [-0.1, -0.05) is 11.2 Å². The molecule has 2 aromatic rings. The standard InChI is InChI=1S/C13H14FN3O/c1-9-7-11(14)5-4-10(9)8-17-6-2-3-12(17)13(15)16-18/h2-7,18H,8H2,1H3,(H2,15,16). The number of halogens is 1. The summed E-state index contributed by atoms with van der Waals surface area (Å²) < 4.78 is 14.9. The highest BCUT2D eigenvalue weighted by molar-refractivity contribution is 5.95. The summed E-state index contributed by atoms with van der Waals surface area (Å²) in [4.78, 5) is 0. The Labute approximate surface area is 104 Å². The molecular formula is C13H14FN3O. The molecule has 3 N–H and O–H groups in total. The Balaban J connectivity index is 2.32. The molecule has 2 rings (SSSR count). The Morgan fingerprint density at radius 3 is 2.89 bits per heavy atom. The molecular weight excluding hydrogens is 233 g/mol. The molecule has 0 radical (unpaired) electrons. The van der Waals surface area contributed by atoms with E-state index < -0.39 is 0 Å². The first-order valence-electron chi connectivity index (χ1n) is 5.50.